The maximum absolute atomic E-state index is 6.05. The first-order valence-electron chi connectivity index (χ1n) is 7.00. The minimum atomic E-state index is -1.67. The van der Waals surface area contributed by atoms with Crippen molar-refractivity contribution in [2.24, 2.45) is 0 Å². The average Bonchev–Trinajstić information content (AvgIpc) is 2.12. The fourth-order valence-corrected chi connectivity index (χ4v) is 2.92. The van der Waals surface area contributed by atoms with Gasteiger partial charge in [0.25, 0.3) is 5.95 Å². The normalized spacial score (nSPS) is 14.3. The lowest BCUT2D eigenvalue weighted by Gasteiger charge is -2.24. The van der Waals surface area contributed by atoms with Gasteiger partial charge in [0.15, 0.2) is 0 Å². The minimum absolute atomic E-state index is 0.583. The van der Waals surface area contributed by atoms with Gasteiger partial charge in [-0.05, 0) is 58.7 Å². The van der Waals surface area contributed by atoms with Gasteiger partial charge < -0.3 is 13.6 Å². The SMILES string of the molecule is CC/C=C(/C=C(/OCC)O[Si](C)(C)C)O[Si](C)(C)C. The Labute approximate surface area is 120 Å². The molecule has 0 radical (unpaired) electrons. The van der Waals surface area contributed by atoms with E-state index >= 15 is 0 Å². The molecule has 0 fully saturated rings. The molecule has 0 saturated carbocycles. The highest BCUT2D eigenvalue weighted by Gasteiger charge is 2.21. The van der Waals surface area contributed by atoms with Crippen molar-refractivity contribution in [3.63, 3.8) is 0 Å². The van der Waals surface area contributed by atoms with Gasteiger partial charge in [0.2, 0.25) is 16.6 Å². The third kappa shape index (κ3) is 10.9. The van der Waals surface area contributed by atoms with Crippen molar-refractivity contribution in [2.45, 2.75) is 59.6 Å². The van der Waals surface area contributed by atoms with Crippen LogP contribution in [0.2, 0.25) is 39.3 Å². The van der Waals surface area contributed by atoms with Crippen molar-refractivity contribution in [1.82, 2.24) is 0 Å². The molecule has 0 aromatic rings. The van der Waals surface area contributed by atoms with Gasteiger partial charge >= 0.3 is 0 Å². The molecule has 0 saturated heterocycles. The third-order valence-corrected chi connectivity index (χ3v) is 3.44. The summed E-state index contributed by atoms with van der Waals surface area (Å²) in [7, 11) is -3.29. The van der Waals surface area contributed by atoms with Crippen LogP contribution in [-0.4, -0.2) is 23.2 Å². The largest absolute Gasteiger partial charge is 0.544 e. The molecule has 0 unspecified atom stereocenters. The fourth-order valence-electron chi connectivity index (χ4n) is 1.35. The standard InChI is InChI=1S/C14H30O3Si2/c1-9-11-13(16-18(3,4)5)12-14(15-10-2)17-19(6,7)8/h11-12H,9-10H2,1-8H3/b13-11-,14-12-. The van der Waals surface area contributed by atoms with Crippen molar-refractivity contribution in [1.29, 1.82) is 0 Å². The zero-order chi connectivity index (χ0) is 15.1. The second kappa shape index (κ2) is 7.79. The molecule has 0 rings (SSSR count). The second-order valence-corrected chi connectivity index (χ2v) is 15.2. The van der Waals surface area contributed by atoms with Gasteiger partial charge in [0.05, 0.1) is 12.7 Å². The third-order valence-electron chi connectivity index (χ3n) is 1.78. The summed E-state index contributed by atoms with van der Waals surface area (Å²) in [6.45, 7) is 17.6. The summed E-state index contributed by atoms with van der Waals surface area (Å²) in [4.78, 5) is 0. The fraction of sp³-hybridized carbons (Fsp3) is 0.714. The summed E-state index contributed by atoms with van der Waals surface area (Å²) in [6, 6.07) is 0. The van der Waals surface area contributed by atoms with Crippen LogP contribution in [0.15, 0.2) is 23.9 Å². The van der Waals surface area contributed by atoms with E-state index in [-0.39, 0.29) is 0 Å². The summed E-state index contributed by atoms with van der Waals surface area (Å²) in [5.41, 5.74) is 0. The van der Waals surface area contributed by atoms with E-state index < -0.39 is 16.6 Å². The van der Waals surface area contributed by atoms with Crippen LogP contribution in [0.5, 0.6) is 0 Å². The highest BCUT2D eigenvalue weighted by atomic mass is 28.4. The first-order chi connectivity index (χ1) is 8.57. The first kappa shape index (κ1) is 18.3. The van der Waals surface area contributed by atoms with Crippen LogP contribution in [0.4, 0.5) is 0 Å². The molecule has 0 spiro atoms. The van der Waals surface area contributed by atoms with Crippen molar-refractivity contribution in [2.75, 3.05) is 6.61 Å². The zero-order valence-corrected chi connectivity index (χ0v) is 15.8. The Hall–Kier alpha value is -0.686. The molecule has 0 heterocycles. The maximum atomic E-state index is 6.05. The lowest BCUT2D eigenvalue weighted by molar-refractivity contribution is 0.111. The molecule has 0 aliphatic heterocycles. The molecule has 0 bridgehead atoms. The predicted molar refractivity (Wildman–Crippen MR) is 86.9 cm³/mol. The monoisotopic (exact) mass is 302 g/mol. The van der Waals surface area contributed by atoms with Gasteiger partial charge in [-0.15, -0.1) is 0 Å². The Kier molecular flexibility index (Phi) is 7.51. The van der Waals surface area contributed by atoms with Gasteiger partial charge in [-0.3, -0.25) is 0 Å². The molecule has 0 N–H and O–H groups in total. The summed E-state index contributed by atoms with van der Waals surface area (Å²) in [5.74, 6) is 1.45. The van der Waals surface area contributed by atoms with Crippen molar-refractivity contribution >= 4 is 16.6 Å². The molecule has 3 nitrogen and oxygen atoms in total. The molecular formula is C14H30O3Si2. The molecule has 0 aromatic heterocycles. The molecule has 0 aliphatic rings. The van der Waals surface area contributed by atoms with Crippen LogP contribution in [0, 0.1) is 0 Å². The number of ether oxygens (including phenoxy) is 1. The van der Waals surface area contributed by atoms with Crippen LogP contribution in [0.1, 0.15) is 20.3 Å². The van der Waals surface area contributed by atoms with E-state index in [4.69, 9.17) is 13.6 Å². The zero-order valence-electron chi connectivity index (χ0n) is 13.8. The molecule has 0 amide bonds. The Morgan fingerprint density at radius 1 is 0.895 bits per heavy atom. The Morgan fingerprint density at radius 2 is 1.42 bits per heavy atom. The molecule has 19 heavy (non-hydrogen) atoms. The van der Waals surface area contributed by atoms with E-state index in [0.717, 1.165) is 12.2 Å². The van der Waals surface area contributed by atoms with Gasteiger partial charge in [-0.25, -0.2) is 0 Å². The first-order valence-corrected chi connectivity index (χ1v) is 13.8. The van der Waals surface area contributed by atoms with Crippen molar-refractivity contribution < 1.29 is 13.6 Å². The van der Waals surface area contributed by atoms with Gasteiger partial charge in [-0.1, -0.05) is 6.92 Å². The molecule has 0 atom stereocenters. The van der Waals surface area contributed by atoms with Crippen molar-refractivity contribution in [3.8, 4) is 0 Å². The van der Waals surface area contributed by atoms with Crippen LogP contribution >= 0.6 is 0 Å². The molecule has 0 aromatic carbocycles. The van der Waals surface area contributed by atoms with Crippen LogP contribution in [-0.2, 0) is 13.6 Å². The highest BCUT2D eigenvalue weighted by Crippen LogP contribution is 2.18. The van der Waals surface area contributed by atoms with Gasteiger partial charge in [0.1, 0.15) is 5.76 Å². The number of allylic oxidation sites excluding steroid dienone is 2. The van der Waals surface area contributed by atoms with E-state index in [1.807, 2.05) is 13.0 Å². The van der Waals surface area contributed by atoms with Crippen molar-refractivity contribution in [3.05, 3.63) is 23.9 Å². The Bertz CT molecular complexity index is 323. The number of rotatable bonds is 8. The smallest absolute Gasteiger partial charge is 0.268 e. The van der Waals surface area contributed by atoms with Crippen LogP contribution in [0.25, 0.3) is 0 Å². The molecule has 5 heteroatoms. The summed E-state index contributed by atoms with van der Waals surface area (Å²) < 4.78 is 17.6. The van der Waals surface area contributed by atoms with E-state index in [0.29, 0.717) is 12.6 Å². The van der Waals surface area contributed by atoms with E-state index in [1.165, 1.54) is 0 Å². The van der Waals surface area contributed by atoms with E-state index in [2.05, 4.69) is 52.3 Å². The topological polar surface area (TPSA) is 27.7 Å². The van der Waals surface area contributed by atoms with Gasteiger partial charge in [0, 0.05) is 0 Å². The Balaban J connectivity index is 5.07. The minimum Gasteiger partial charge on any atom is -0.544 e. The predicted octanol–water partition coefficient (Wildman–Crippen LogP) is 4.86. The van der Waals surface area contributed by atoms with Crippen LogP contribution < -0.4 is 0 Å². The summed E-state index contributed by atoms with van der Waals surface area (Å²) >= 11 is 0. The molecule has 112 valence electrons. The number of hydrogen-bond acceptors (Lipinski definition) is 3. The van der Waals surface area contributed by atoms with E-state index in [9.17, 15) is 0 Å². The second-order valence-electron chi connectivity index (χ2n) is 6.34. The Morgan fingerprint density at radius 3 is 1.79 bits per heavy atom. The summed E-state index contributed by atoms with van der Waals surface area (Å²) in [5, 5.41) is 0. The lowest BCUT2D eigenvalue weighted by atomic mass is 10.3. The van der Waals surface area contributed by atoms with Gasteiger partial charge in [-0.2, -0.15) is 0 Å². The average molecular weight is 303 g/mol. The molecular weight excluding hydrogens is 272 g/mol. The number of hydrogen-bond donors (Lipinski definition) is 0. The quantitative estimate of drug-likeness (QED) is 0.364. The molecule has 0 aliphatic carbocycles. The summed E-state index contributed by atoms with van der Waals surface area (Å²) in [6.07, 6.45) is 4.90. The lowest BCUT2D eigenvalue weighted by Crippen LogP contribution is -2.27. The van der Waals surface area contributed by atoms with E-state index in [1.54, 1.807) is 0 Å². The highest BCUT2D eigenvalue weighted by molar-refractivity contribution is 6.70. The maximum Gasteiger partial charge on any atom is 0.268 e. The van der Waals surface area contributed by atoms with Crippen LogP contribution in [0.3, 0.4) is 0 Å².